The van der Waals surface area contributed by atoms with Crippen molar-refractivity contribution in [3.63, 3.8) is 0 Å². The minimum Gasteiger partial charge on any atom is -0.479 e. The number of aliphatic hydroxyl groups excluding tert-OH is 2. The zero-order chi connectivity index (χ0) is 6.73. The first kappa shape index (κ1) is 7.39. The molecule has 4 nitrogen and oxygen atoms in total. The summed E-state index contributed by atoms with van der Waals surface area (Å²) in [6, 6.07) is 0. The maximum atomic E-state index is 9.73. The van der Waals surface area contributed by atoms with Crippen molar-refractivity contribution in [3.05, 3.63) is 0 Å². The van der Waals surface area contributed by atoms with Gasteiger partial charge < -0.3 is 15.3 Å². The summed E-state index contributed by atoms with van der Waals surface area (Å²) in [5, 5.41) is 24.7. The lowest BCUT2D eigenvalue weighted by atomic mass is 10.2. The Hall–Kier alpha value is -0.610. The number of aliphatic hydroxyl groups is 2. The van der Waals surface area contributed by atoms with Crippen LogP contribution in [0.25, 0.3) is 0 Å². The van der Waals surface area contributed by atoms with Crippen LogP contribution in [-0.2, 0) is 4.79 Å². The van der Waals surface area contributed by atoms with E-state index in [0.717, 1.165) is 0 Å². The summed E-state index contributed by atoms with van der Waals surface area (Å²) in [4.78, 5) is 9.73. The Bertz CT molecular complexity index is 92.6. The van der Waals surface area contributed by atoms with E-state index >= 15 is 0 Å². The van der Waals surface area contributed by atoms with Gasteiger partial charge in [-0.15, -0.1) is 0 Å². The third-order valence-electron chi connectivity index (χ3n) is 0.710. The third-order valence-corrected chi connectivity index (χ3v) is 0.710. The fourth-order valence-corrected chi connectivity index (χ4v) is 0.206. The van der Waals surface area contributed by atoms with E-state index in [2.05, 4.69) is 0 Å². The number of carboxylic acid groups (broad SMARTS) is 1. The van der Waals surface area contributed by atoms with E-state index in [0.29, 0.717) is 0 Å². The van der Waals surface area contributed by atoms with Crippen molar-refractivity contribution in [2.75, 3.05) is 0 Å². The van der Waals surface area contributed by atoms with Crippen LogP contribution in [0.3, 0.4) is 0 Å². The molecule has 0 spiro atoms. The van der Waals surface area contributed by atoms with Gasteiger partial charge in [-0.1, -0.05) is 0 Å². The van der Waals surface area contributed by atoms with Gasteiger partial charge in [0.1, 0.15) is 0 Å². The maximum absolute atomic E-state index is 9.73. The maximum Gasteiger partial charge on any atom is 0.335 e. The van der Waals surface area contributed by atoms with Crippen molar-refractivity contribution in [2.45, 2.75) is 19.1 Å². The Morgan fingerprint density at radius 2 is 2.00 bits per heavy atom. The molecule has 0 aromatic heterocycles. The molecule has 0 rings (SSSR count). The first-order valence-electron chi connectivity index (χ1n) is 2.14. The second-order valence-corrected chi connectivity index (χ2v) is 1.52. The molecule has 4 heteroatoms. The molecule has 3 N–H and O–H groups in total. The Morgan fingerprint density at radius 3 is 2.00 bits per heavy atom. The molecule has 8 heavy (non-hydrogen) atoms. The van der Waals surface area contributed by atoms with Crippen molar-refractivity contribution < 1.29 is 21.5 Å². The number of hydrogen-bond donors (Lipinski definition) is 3. The second kappa shape index (κ2) is 2.64. The molecular weight excluding hydrogens is 112 g/mol. The monoisotopic (exact) mass is 122 g/mol. The Labute approximate surface area is 47.9 Å². The number of aliphatic carboxylic acids is 1. The molecule has 0 saturated heterocycles. The SMILES string of the molecule is C[C@@H](O)C(O)C(=O)O.[HH]. The van der Waals surface area contributed by atoms with Gasteiger partial charge in [0.15, 0.2) is 6.10 Å². The molecule has 0 aliphatic heterocycles. The Balaban J connectivity index is 0. The largest absolute Gasteiger partial charge is 0.479 e. The summed E-state index contributed by atoms with van der Waals surface area (Å²) in [6.45, 7) is 1.21. The van der Waals surface area contributed by atoms with Gasteiger partial charge in [-0.05, 0) is 6.92 Å². The van der Waals surface area contributed by atoms with Gasteiger partial charge in [-0.3, -0.25) is 0 Å². The lowest BCUT2D eigenvalue weighted by molar-refractivity contribution is -0.151. The minimum absolute atomic E-state index is 0. The van der Waals surface area contributed by atoms with Crippen LogP contribution in [0.15, 0.2) is 0 Å². The molecule has 0 bridgehead atoms. The van der Waals surface area contributed by atoms with Crippen molar-refractivity contribution in [3.8, 4) is 0 Å². The number of carbonyl (C=O) groups is 1. The van der Waals surface area contributed by atoms with Crippen LogP contribution in [0, 0.1) is 0 Å². The highest BCUT2D eigenvalue weighted by Gasteiger charge is 2.18. The van der Waals surface area contributed by atoms with Crippen LogP contribution in [0.4, 0.5) is 0 Å². The Kier molecular flexibility index (Phi) is 2.44. The van der Waals surface area contributed by atoms with Crippen molar-refractivity contribution in [1.82, 2.24) is 0 Å². The zero-order valence-corrected chi connectivity index (χ0v) is 4.40. The van der Waals surface area contributed by atoms with Gasteiger partial charge in [0.05, 0.1) is 6.10 Å². The molecular formula is C4H10O4. The fraction of sp³-hybridized carbons (Fsp3) is 0.750. The van der Waals surface area contributed by atoms with Gasteiger partial charge >= 0.3 is 5.97 Å². The summed E-state index contributed by atoms with van der Waals surface area (Å²) in [5.41, 5.74) is 0. The number of hydrogen-bond acceptors (Lipinski definition) is 3. The number of carboxylic acids is 1. The Morgan fingerprint density at radius 1 is 1.62 bits per heavy atom. The van der Waals surface area contributed by atoms with Gasteiger partial charge in [0.25, 0.3) is 0 Å². The normalized spacial score (nSPS) is 17.4. The smallest absolute Gasteiger partial charge is 0.335 e. The third kappa shape index (κ3) is 1.90. The zero-order valence-electron chi connectivity index (χ0n) is 4.40. The highest BCUT2D eigenvalue weighted by molar-refractivity contribution is 5.72. The summed E-state index contributed by atoms with van der Waals surface area (Å²) < 4.78 is 0. The highest BCUT2D eigenvalue weighted by atomic mass is 16.4. The van der Waals surface area contributed by atoms with E-state index in [9.17, 15) is 4.79 Å². The van der Waals surface area contributed by atoms with Crippen LogP contribution >= 0.6 is 0 Å². The molecule has 0 radical (unpaired) electrons. The molecule has 50 valence electrons. The first-order chi connectivity index (χ1) is 3.55. The number of rotatable bonds is 2. The van der Waals surface area contributed by atoms with Crippen molar-refractivity contribution in [2.24, 2.45) is 0 Å². The molecule has 0 aromatic carbocycles. The van der Waals surface area contributed by atoms with Crippen LogP contribution in [0.5, 0.6) is 0 Å². The summed E-state index contributed by atoms with van der Waals surface area (Å²) in [7, 11) is 0. The molecule has 0 aliphatic carbocycles. The predicted octanol–water partition coefficient (Wildman–Crippen LogP) is -0.941. The topological polar surface area (TPSA) is 77.8 Å². The minimum atomic E-state index is -1.66. The predicted molar refractivity (Wildman–Crippen MR) is 27.4 cm³/mol. The van der Waals surface area contributed by atoms with Crippen LogP contribution in [0.1, 0.15) is 8.35 Å². The lowest BCUT2D eigenvalue weighted by Gasteiger charge is -2.05. The van der Waals surface area contributed by atoms with E-state index in [1.807, 2.05) is 0 Å². The van der Waals surface area contributed by atoms with E-state index in [-0.39, 0.29) is 1.43 Å². The van der Waals surface area contributed by atoms with Gasteiger partial charge in [0.2, 0.25) is 0 Å². The summed E-state index contributed by atoms with van der Waals surface area (Å²) in [5.74, 6) is -1.40. The molecule has 0 aromatic rings. The lowest BCUT2D eigenvalue weighted by Crippen LogP contribution is -2.30. The standard InChI is InChI=1S/C4H8O4.H2/c1-2(5)3(6)4(7)8;/h2-3,5-6H,1H3,(H,7,8);1H/t2-,3?;/m1./s1. The summed E-state index contributed by atoms with van der Waals surface area (Å²) in [6.07, 6.45) is -2.86. The van der Waals surface area contributed by atoms with Gasteiger partial charge in [0, 0.05) is 1.43 Å². The molecule has 1 unspecified atom stereocenters. The van der Waals surface area contributed by atoms with Crippen LogP contribution in [0.2, 0.25) is 0 Å². The fourth-order valence-electron chi connectivity index (χ4n) is 0.206. The molecule has 0 aliphatic rings. The van der Waals surface area contributed by atoms with Crippen LogP contribution in [-0.4, -0.2) is 33.5 Å². The van der Waals surface area contributed by atoms with Crippen molar-refractivity contribution in [1.29, 1.82) is 0 Å². The average molecular weight is 122 g/mol. The molecule has 0 fully saturated rings. The first-order valence-corrected chi connectivity index (χ1v) is 2.14. The van der Waals surface area contributed by atoms with Crippen molar-refractivity contribution >= 4 is 5.97 Å². The van der Waals surface area contributed by atoms with E-state index in [1.165, 1.54) is 6.92 Å². The van der Waals surface area contributed by atoms with E-state index in [4.69, 9.17) is 15.3 Å². The van der Waals surface area contributed by atoms with Gasteiger partial charge in [-0.25, -0.2) is 4.79 Å². The van der Waals surface area contributed by atoms with E-state index in [1.54, 1.807) is 0 Å². The summed E-state index contributed by atoms with van der Waals surface area (Å²) >= 11 is 0. The molecule has 0 amide bonds. The van der Waals surface area contributed by atoms with Crippen LogP contribution < -0.4 is 0 Å². The average Bonchev–Trinajstić information content (AvgIpc) is 1.64. The quantitative estimate of drug-likeness (QED) is 0.441. The highest BCUT2D eigenvalue weighted by Crippen LogP contribution is 1.89. The molecule has 2 atom stereocenters. The van der Waals surface area contributed by atoms with E-state index < -0.39 is 18.2 Å². The van der Waals surface area contributed by atoms with Gasteiger partial charge in [-0.2, -0.15) is 0 Å². The molecule has 0 heterocycles. The second-order valence-electron chi connectivity index (χ2n) is 1.52. The molecule has 0 saturated carbocycles.